The standard InChI is InChI=1S/2C5H9NO2.CH3.Y/c2*1-4(7)6(3)5(2)8;;/h2*1-3H3;1H3;/q;;-1;. The van der Waals surface area contributed by atoms with E-state index >= 15 is 0 Å². The van der Waals surface area contributed by atoms with Crippen molar-refractivity contribution in [2.45, 2.75) is 27.7 Å². The Bertz CT molecular complexity index is 247. The van der Waals surface area contributed by atoms with Crippen molar-refractivity contribution in [1.29, 1.82) is 0 Å². The van der Waals surface area contributed by atoms with Gasteiger partial charge in [-0.3, -0.25) is 29.0 Å². The SMILES string of the molecule is CC(=O)N(C)C(C)=O.CC(=O)N(C)C(C)=O.[CH3-].[Y]. The number of rotatable bonds is 0. The van der Waals surface area contributed by atoms with E-state index in [0.717, 1.165) is 9.80 Å². The van der Waals surface area contributed by atoms with Crippen LogP contribution < -0.4 is 0 Å². The van der Waals surface area contributed by atoms with Crippen molar-refractivity contribution < 1.29 is 51.9 Å². The fourth-order valence-corrected chi connectivity index (χ4v) is 0.443. The summed E-state index contributed by atoms with van der Waals surface area (Å²) >= 11 is 0. The molecular formula is C11H21N2O4Y-. The largest absolute Gasteiger partial charge is 0.358 e. The van der Waals surface area contributed by atoms with Gasteiger partial charge in [-0.05, 0) is 0 Å². The van der Waals surface area contributed by atoms with E-state index in [2.05, 4.69) is 0 Å². The Hall–Kier alpha value is -0.616. The topological polar surface area (TPSA) is 74.8 Å². The fraction of sp³-hybridized carbons (Fsp3) is 0.545. The average Bonchev–Trinajstić information content (AvgIpc) is 2.15. The Morgan fingerprint density at radius 2 is 0.722 bits per heavy atom. The van der Waals surface area contributed by atoms with Gasteiger partial charge in [0, 0.05) is 74.5 Å². The Morgan fingerprint density at radius 1 is 0.611 bits per heavy atom. The summed E-state index contributed by atoms with van der Waals surface area (Å²) in [6.45, 7) is 5.39. The minimum absolute atomic E-state index is 0. The van der Waals surface area contributed by atoms with Crippen molar-refractivity contribution in [2.24, 2.45) is 0 Å². The monoisotopic (exact) mass is 334 g/mol. The van der Waals surface area contributed by atoms with Gasteiger partial charge in [-0.25, -0.2) is 0 Å². The molecule has 0 bridgehead atoms. The predicted octanol–water partition coefficient (Wildman–Crippen LogP) is 0.470. The summed E-state index contributed by atoms with van der Waals surface area (Å²) < 4.78 is 0. The molecule has 6 nitrogen and oxygen atoms in total. The average molecular weight is 334 g/mol. The van der Waals surface area contributed by atoms with E-state index in [9.17, 15) is 19.2 Å². The van der Waals surface area contributed by atoms with Crippen molar-refractivity contribution in [3.05, 3.63) is 7.43 Å². The van der Waals surface area contributed by atoms with Crippen LogP contribution in [0.2, 0.25) is 0 Å². The number of nitrogens with zero attached hydrogens (tertiary/aromatic N) is 2. The van der Waals surface area contributed by atoms with E-state index in [1.165, 1.54) is 41.8 Å². The van der Waals surface area contributed by atoms with Crippen LogP contribution in [-0.4, -0.2) is 47.5 Å². The van der Waals surface area contributed by atoms with Crippen molar-refractivity contribution in [3.63, 3.8) is 0 Å². The normalized spacial score (nSPS) is 7.44. The molecule has 0 aliphatic heterocycles. The van der Waals surface area contributed by atoms with Crippen molar-refractivity contribution >= 4 is 23.6 Å². The molecule has 0 atom stereocenters. The van der Waals surface area contributed by atoms with Crippen LogP contribution in [0.15, 0.2) is 0 Å². The van der Waals surface area contributed by atoms with Crippen molar-refractivity contribution in [3.8, 4) is 0 Å². The van der Waals surface area contributed by atoms with Gasteiger partial charge in [-0.15, -0.1) is 0 Å². The minimum Gasteiger partial charge on any atom is -0.358 e. The molecule has 1 radical (unpaired) electrons. The minimum atomic E-state index is -0.225. The summed E-state index contributed by atoms with van der Waals surface area (Å²) in [5, 5.41) is 0. The van der Waals surface area contributed by atoms with Gasteiger partial charge in [0.25, 0.3) is 0 Å². The molecule has 0 unspecified atom stereocenters. The summed E-state index contributed by atoms with van der Waals surface area (Å²) in [6, 6.07) is 0. The molecule has 0 saturated heterocycles. The second-order valence-corrected chi connectivity index (χ2v) is 3.19. The number of carbonyl (C=O) groups excluding carboxylic acids is 4. The van der Waals surface area contributed by atoms with E-state index in [0.29, 0.717) is 0 Å². The maximum absolute atomic E-state index is 10.3. The summed E-state index contributed by atoms with van der Waals surface area (Å²) in [7, 11) is 2.90. The number of hydrogen-bond donors (Lipinski definition) is 0. The molecule has 0 heterocycles. The molecular weight excluding hydrogens is 313 g/mol. The Kier molecular flexibility index (Phi) is 18.6. The van der Waals surface area contributed by atoms with Crippen LogP contribution in [0.25, 0.3) is 0 Å². The van der Waals surface area contributed by atoms with Crippen LogP contribution in [-0.2, 0) is 51.9 Å². The van der Waals surface area contributed by atoms with Gasteiger partial charge in [-0.2, -0.15) is 0 Å². The summed E-state index contributed by atoms with van der Waals surface area (Å²) in [5.74, 6) is -0.898. The molecule has 103 valence electrons. The van der Waals surface area contributed by atoms with Crippen LogP contribution in [0.5, 0.6) is 0 Å². The molecule has 0 fully saturated rings. The van der Waals surface area contributed by atoms with E-state index in [4.69, 9.17) is 0 Å². The first-order valence-electron chi connectivity index (χ1n) is 4.61. The Morgan fingerprint density at radius 3 is 0.722 bits per heavy atom. The maximum Gasteiger partial charge on any atom is 0.225 e. The number of hydrogen-bond acceptors (Lipinski definition) is 4. The Labute approximate surface area is 134 Å². The quantitative estimate of drug-likeness (QED) is 0.604. The third kappa shape index (κ3) is 13.4. The summed E-state index contributed by atoms with van der Waals surface area (Å²) in [4.78, 5) is 43.3. The Balaban J connectivity index is -0.0000000980. The van der Waals surface area contributed by atoms with Gasteiger partial charge in [0.2, 0.25) is 23.6 Å². The van der Waals surface area contributed by atoms with E-state index < -0.39 is 0 Å². The molecule has 0 aliphatic carbocycles. The molecule has 0 rings (SSSR count). The first kappa shape index (κ1) is 26.1. The summed E-state index contributed by atoms with van der Waals surface area (Å²) in [5.41, 5.74) is 0. The first-order chi connectivity index (χ1) is 7.11. The summed E-state index contributed by atoms with van der Waals surface area (Å²) in [6.07, 6.45) is 0. The zero-order valence-corrected chi connectivity index (χ0v) is 14.9. The molecule has 7 heteroatoms. The zero-order valence-electron chi connectivity index (χ0n) is 12.1. The van der Waals surface area contributed by atoms with Gasteiger partial charge in [0.15, 0.2) is 0 Å². The molecule has 0 aromatic heterocycles. The second-order valence-electron chi connectivity index (χ2n) is 3.19. The third-order valence-electron chi connectivity index (χ3n) is 1.89. The van der Waals surface area contributed by atoms with Gasteiger partial charge < -0.3 is 7.43 Å². The maximum atomic E-state index is 10.3. The predicted molar refractivity (Wildman–Crippen MR) is 64.7 cm³/mol. The molecule has 0 aliphatic rings. The molecule has 4 amide bonds. The third-order valence-corrected chi connectivity index (χ3v) is 1.89. The number of imide groups is 2. The molecule has 0 aromatic rings. The number of carbonyl (C=O) groups is 4. The van der Waals surface area contributed by atoms with Crippen molar-refractivity contribution in [1.82, 2.24) is 9.80 Å². The molecule has 0 spiro atoms. The van der Waals surface area contributed by atoms with Crippen LogP contribution >= 0.6 is 0 Å². The van der Waals surface area contributed by atoms with E-state index in [1.807, 2.05) is 0 Å². The van der Waals surface area contributed by atoms with E-state index in [-0.39, 0.29) is 63.8 Å². The smallest absolute Gasteiger partial charge is 0.225 e. The van der Waals surface area contributed by atoms with Gasteiger partial charge in [-0.1, -0.05) is 0 Å². The van der Waals surface area contributed by atoms with Crippen LogP contribution in [0.1, 0.15) is 27.7 Å². The van der Waals surface area contributed by atoms with E-state index in [1.54, 1.807) is 0 Å². The van der Waals surface area contributed by atoms with Gasteiger partial charge >= 0.3 is 0 Å². The molecule has 0 aromatic carbocycles. The molecule has 18 heavy (non-hydrogen) atoms. The number of amides is 4. The van der Waals surface area contributed by atoms with Gasteiger partial charge in [0.1, 0.15) is 0 Å². The van der Waals surface area contributed by atoms with Crippen LogP contribution in [0.4, 0.5) is 0 Å². The second kappa shape index (κ2) is 12.8. The first-order valence-corrected chi connectivity index (χ1v) is 4.61. The van der Waals surface area contributed by atoms with Gasteiger partial charge in [0.05, 0.1) is 0 Å². The fourth-order valence-electron chi connectivity index (χ4n) is 0.443. The van der Waals surface area contributed by atoms with Crippen molar-refractivity contribution in [2.75, 3.05) is 14.1 Å². The van der Waals surface area contributed by atoms with Crippen LogP contribution in [0, 0.1) is 7.43 Å². The molecule has 0 saturated carbocycles. The van der Waals surface area contributed by atoms with Crippen LogP contribution in [0.3, 0.4) is 0 Å². The molecule has 0 N–H and O–H groups in total. The zero-order chi connectivity index (χ0) is 13.5.